The summed E-state index contributed by atoms with van der Waals surface area (Å²) < 4.78 is 0. The zero-order valence-corrected chi connectivity index (χ0v) is 14.7. The van der Waals surface area contributed by atoms with Crippen molar-refractivity contribution in [2.24, 2.45) is 11.3 Å². The first kappa shape index (κ1) is 16.3. The summed E-state index contributed by atoms with van der Waals surface area (Å²) in [6.45, 7) is 11.3. The molecule has 3 rings (SSSR count). The molecule has 0 N–H and O–H groups in total. The molecule has 1 spiro atoms. The molecule has 4 heteroatoms. The Bertz CT molecular complexity index is 393. The minimum absolute atomic E-state index is 0.00640. The average molecular weight is 307 g/mol. The molecule has 22 heavy (non-hydrogen) atoms. The van der Waals surface area contributed by atoms with E-state index < -0.39 is 0 Å². The maximum absolute atomic E-state index is 12.8. The summed E-state index contributed by atoms with van der Waals surface area (Å²) in [6, 6.07) is 0.365. The summed E-state index contributed by atoms with van der Waals surface area (Å²) in [5.41, 5.74) is -0.00640. The summed E-state index contributed by atoms with van der Waals surface area (Å²) >= 11 is 0. The average Bonchev–Trinajstić information content (AvgIpc) is 2.81. The molecule has 0 aromatic heterocycles. The minimum atomic E-state index is -0.00640. The van der Waals surface area contributed by atoms with Crippen LogP contribution in [0.4, 0.5) is 0 Å². The van der Waals surface area contributed by atoms with E-state index in [-0.39, 0.29) is 5.41 Å². The molecule has 0 aliphatic carbocycles. The fraction of sp³-hybridized carbons (Fsp3) is 0.944. The number of piperidine rings is 2. The fourth-order valence-electron chi connectivity index (χ4n) is 4.58. The Morgan fingerprint density at radius 2 is 1.64 bits per heavy atom. The van der Waals surface area contributed by atoms with Gasteiger partial charge in [0.25, 0.3) is 0 Å². The third-order valence-corrected chi connectivity index (χ3v) is 6.34. The van der Waals surface area contributed by atoms with E-state index in [9.17, 15) is 4.79 Å². The highest BCUT2D eigenvalue weighted by atomic mass is 16.2. The highest BCUT2D eigenvalue weighted by Gasteiger charge is 2.48. The van der Waals surface area contributed by atoms with Crippen molar-refractivity contribution in [3.8, 4) is 0 Å². The Morgan fingerprint density at radius 3 is 2.18 bits per heavy atom. The normalized spacial score (nSPS) is 28.2. The Morgan fingerprint density at radius 1 is 1.05 bits per heavy atom. The van der Waals surface area contributed by atoms with E-state index in [2.05, 4.69) is 35.6 Å². The Kier molecular flexibility index (Phi) is 4.79. The Balaban J connectivity index is 1.49. The lowest BCUT2D eigenvalue weighted by Crippen LogP contribution is -2.47. The van der Waals surface area contributed by atoms with Gasteiger partial charge in [0.15, 0.2) is 0 Å². The van der Waals surface area contributed by atoms with Gasteiger partial charge in [-0.15, -0.1) is 0 Å². The van der Waals surface area contributed by atoms with Gasteiger partial charge < -0.3 is 14.7 Å². The summed E-state index contributed by atoms with van der Waals surface area (Å²) in [5, 5.41) is 0. The second kappa shape index (κ2) is 6.48. The molecule has 4 nitrogen and oxygen atoms in total. The van der Waals surface area contributed by atoms with Crippen molar-refractivity contribution in [1.82, 2.24) is 14.7 Å². The van der Waals surface area contributed by atoms with Crippen LogP contribution < -0.4 is 0 Å². The highest BCUT2D eigenvalue weighted by Crippen LogP contribution is 2.42. The minimum Gasteiger partial charge on any atom is -0.340 e. The zero-order valence-electron chi connectivity index (χ0n) is 14.7. The lowest BCUT2D eigenvalue weighted by Gasteiger charge is -2.40. The first-order valence-corrected chi connectivity index (χ1v) is 9.22. The summed E-state index contributed by atoms with van der Waals surface area (Å²) in [7, 11) is 2.23. The van der Waals surface area contributed by atoms with Gasteiger partial charge in [-0.25, -0.2) is 0 Å². The van der Waals surface area contributed by atoms with Crippen molar-refractivity contribution in [3.63, 3.8) is 0 Å². The molecule has 1 amide bonds. The number of amides is 1. The predicted molar refractivity (Wildman–Crippen MR) is 89.8 cm³/mol. The molecule has 0 bridgehead atoms. The molecule has 3 saturated heterocycles. The lowest BCUT2D eigenvalue weighted by atomic mass is 9.76. The molecule has 0 saturated carbocycles. The Labute approximate surface area is 135 Å². The van der Waals surface area contributed by atoms with Gasteiger partial charge in [-0.05, 0) is 85.1 Å². The highest BCUT2D eigenvalue weighted by molar-refractivity contribution is 5.85. The maximum Gasteiger partial charge on any atom is 0.229 e. The van der Waals surface area contributed by atoms with Crippen LogP contribution in [0.1, 0.15) is 46.0 Å². The lowest BCUT2D eigenvalue weighted by molar-refractivity contribution is -0.139. The number of hydrogen-bond acceptors (Lipinski definition) is 3. The molecular formula is C18H33N3O. The molecular weight excluding hydrogens is 274 g/mol. The van der Waals surface area contributed by atoms with Crippen LogP contribution in [0, 0.1) is 11.3 Å². The first-order chi connectivity index (χ1) is 10.5. The SMILES string of the molecule is CC(C)N1CCC2(CCN(CC3CCN(C)CC3)CC2)C1=O. The quantitative estimate of drug-likeness (QED) is 0.798. The van der Waals surface area contributed by atoms with Crippen molar-refractivity contribution in [3.05, 3.63) is 0 Å². The van der Waals surface area contributed by atoms with Gasteiger partial charge in [-0.3, -0.25) is 4.79 Å². The van der Waals surface area contributed by atoms with Crippen molar-refractivity contribution in [1.29, 1.82) is 0 Å². The molecule has 3 aliphatic rings. The van der Waals surface area contributed by atoms with E-state index in [1.54, 1.807) is 0 Å². The van der Waals surface area contributed by atoms with Crippen LogP contribution >= 0.6 is 0 Å². The van der Waals surface area contributed by atoms with Gasteiger partial charge in [-0.2, -0.15) is 0 Å². The van der Waals surface area contributed by atoms with Crippen molar-refractivity contribution in [2.75, 3.05) is 46.3 Å². The number of carbonyl (C=O) groups is 1. The second-order valence-corrected chi connectivity index (χ2v) is 8.17. The molecule has 3 aliphatic heterocycles. The zero-order chi connectivity index (χ0) is 15.7. The smallest absolute Gasteiger partial charge is 0.229 e. The van der Waals surface area contributed by atoms with Gasteiger partial charge >= 0.3 is 0 Å². The number of nitrogens with zero attached hydrogens (tertiary/aromatic N) is 3. The van der Waals surface area contributed by atoms with Gasteiger partial charge in [0.2, 0.25) is 5.91 Å². The largest absolute Gasteiger partial charge is 0.340 e. The van der Waals surface area contributed by atoms with E-state index in [0.29, 0.717) is 11.9 Å². The van der Waals surface area contributed by atoms with Crippen LogP contribution in [0.5, 0.6) is 0 Å². The summed E-state index contributed by atoms with van der Waals surface area (Å²) in [6.07, 6.45) is 5.95. The van der Waals surface area contributed by atoms with Crippen LogP contribution in [0.15, 0.2) is 0 Å². The van der Waals surface area contributed by atoms with Crippen molar-refractivity contribution < 1.29 is 4.79 Å². The van der Waals surface area contributed by atoms with Crippen LogP contribution in [0.25, 0.3) is 0 Å². The van der Waals surface area contributed by atoms with Gasteiger partial charge in [-0.1, -0.05) is 0 Å². The van der Waals surface area contributed by atoms with Gasteiger partial charge in [0.1, 0.15) is 0 Å². The van der Waals surface area contributed by atoms with Crippen LogP contribution in [0.3, 0.4) is 0 Å². The molecule has 0 unspecified atom stereocenters. The third-order valence-electron chi connectivity index (χ3n) is 6.34. The van der Waals surface area contributed by atoms with Crippen LogP contribution in [-0.4, -0.2) is 73.0 Å². The molecule has 0 radical (unpaired) electrons. The van der Waals surface area contributed by atoms with E-state index in [4.69, 9.17) is 0 Å². The van der Waals surface area contributed by atoms with Crippen LogP contribution in [-0.2, 0) is 4.79 Å². The number of rotatable bonds is 3. The maximum atomic E-state index is 12.8. The van der Waals surface area contributed by atoms with E-state index in [0.717, 1.165) is 44.8 Å². The fourth-order valence-corrected chi connectivity index (χ4v) is 4.58. The van der Waals surface area contributed by atoms with Crippen molar-refractivity contribution in [2.45, 2.75) is 52.0 Å². The van der Waals surface area contributed by atoms with Gasteiger partial charge in [0, 0.05) is 19.1 Å². The van der Waals surface area contributed by atoms with E-state index in [1.807, 2.05) is 0 Å². The first-order valence-electron chi connectivity index (χ1n) is 9.22. The molecule has 0 atom stereocenters. The monoisotopic (exact) mass is 307 g/mol. The topological polar surface area (TPSA) is 26.8 Å². The van der Waals surface area contributed by atoms with E-state index in [1.165, 1.54) is 32.5 Å². The predicted octanol–water partition coefficient (Wildman–Crippen LogP) is 2.05. The second-order valence-electron chi connectivity index (χ2n) is 8.17. The van der Waals surface area contributed by atoms with E-state index >= 15 is 0 Å². The van der Waals surface area contributed by atoms with Gasteiger partial charge in [0.05, 0.1) is 5.41 Å². The summed E-state index contributed by atoms with van der Waals surface area (Å²) in [4.78, 5) is 19.9. The molecule has 0 aromatic carbocycles. The van der Waals surface area contributed by atoms with Crippen molar-refractivity contribution >= 4 is 5.91 Å². The number of hydrogen-bond donors (Lipinski definition) is 0. The standard InChI is InChI=1S/C18H33N3O/c1-15(2)21-13-8-18(17(21)22)6-11-20(12-7-18)14-16-4-9-19(3)10-5-16/h15-16H,4-14H2,1-3H3. The van der Waals surface area contributed by atoms with Crippen LogP contribution in [0.2, 0.25) is 0 Å². The molecule has 3 heterocycles. The molecule has 0 aromatic rings. The molecule has 3 fully saturated rings. The summed E-state index contributed by atoms with van der Waals surface area (Å²) in [5.74, 6) is 1.32. The third kappa shape index (κ3) is 3.18. The number of carbonyl (C=O) groups excluding carboxylic acids is 1. The molecule has 126 valence electrons. The number of likely N-dealkylation sites (tertiary alicyclic amines) is 3. The Hall–Kier alpha value is -0.610.